The first-order valence-corrected chi connectivity index (χ1v) is 7.09. The van der Waals surface area contributed by atoms with E-state index >= 15 is 0 Å². The van der Waals surface area contributed by atoms with Crippen molar-refractivity contribution in [2.75, 3.05) is 7.11 Å². The molecule has 1 heterocycles. The number of esters is 1. The summed E-state index contributed by atoms with van der Waals surface area (Å²) in [6, 6.07) is 17.9. The number of hydrogen-bond acceptors (Lipinski definition) is 3. The van der Waals surface area contributed by atoms with E-state index in [0.29, 0.717) is 6.61 Å². The van der Waals surface area contributed by atoms with Crippen molar-refractivity contribution < 1.29 is 14.3 Å². The van der Waals surface area contributed by atoms with Crippen LogP contribution in [0.5, 0.6) is 5.75 Å². The molecule has 4 nitrogen and oxygen atoms in total. The number of aromatic nitrogens is 1. The lowest BCUT2D eigenvalue weighted by atomic mass is 10.2. The molecule has 2 aromatic carbocycles. The Bertz CT molecular complexity index is 777. The molecule has 0 spiro atoms. The van der Waals surface area contributed by atoms with Gasteiger partial charge in [-0.15, -0.1) is 0 Å². The van der Waals surface area contributed by atoms with Gasteiger partial charge < -0.3 is 14.0 Å². The number of benzene rings is 2. The molecule has 0 atom stereocenters. The van der Waals surface area contributed by atoms with Gasteiger partial charge in [-0.25, -0.2) is 0 Å². The van der Waals surface area contributed by atoms with Crippen molar-refractivity contribution in [3.8, 4) is 5.75 Å². The molecule has 0 aliphatic carbocycles. The zero-order valence-electron chi connectivity index (χ0n) is 12.4. The molecule has 1 aromatic heterocycles. The molecule has 0 unspecified atom stereocenters. The fourth-order valence-electron chi connectivity index (χ4n) is 2.35. The Hall–Kier alpha value is -2.75. The quantitative estimate of drug-likeness (QED) is 0.677. The molecule has 0 bridgehead atoms. The number of fused-ring (bicyclic) bond motifs is 1. The highest BCUT2D eigenvalue weighted by molar-refractivity contribution is 5.83. The summed E-state index contributed by atoms with van der Waals surface area (Å²) in [6.07, 6.45) is 1.88. The van der Waals surface area contributed by atoms with Crippen molar-refractivity contribution in [3.05, 3.63) is 66.4 Å². The van der Waals surface area contributed by atoms with E-state index in [-0.39, 0.29) is 12.5 Å². The van der Waals surface area contributed by atoms with E-state index in [0.717, 1.165) is 22.2 Å². The zero-order valence-corrected chi connectivity index (χ0v) is 12.4. The van der Waals surface area contributed by atoms with Crippen LogP contribution in [0, 0.1) is 0 Å². The van der Waals surface area contributed by atoms with E-state index in [9.17, 15) is 4.79 Å². The highest BCUT2D eigenvalue weighted by atomic mass is 16.5. The molecule has 22 heavy (non-hydrogen) atoms. The maximum absolute atomic E-state index is 11.4. The molecule has 4 heteroatoms. The van der Waals surface area contributed by atoms with Crippen LogP contribution < -0.4 is 4.74 Å². The smallest absolute Gasteiger partial charge is 0.325 e. The topological polar surface area (TPSA) is 40.5 Å². The molecule has 3 rings (SSSR count). The first kappa shape index (κ1) is 14.2. The van der Waals surface area contributed by atoms with Crippen LogP contribution in [0.2, 0.25) is 0 Å². The molecule has 0 amide bonds. The van der Waals surface area contributed by atoms with Crippen LogP contribution in [0.1, 0.15) is 5.56 Å². The van der Waals surface area contributed by atoms with Gasteiger partial charge in [0.05, 0.1) is 7.11 Å². The SMILES string of the molecule is COC(=O)Cn1ccc2cc(OCc3ccccc3)ccc21. The normalized spacial score (nSPS) is 10.6. The lowest BCUT2D eigenvalue weighted by molar-refractivity contribution is -0.141. The van der Waals surface area contributed by atoms with Crippen molar-refractivity contribution >= 4 is 16.9 Å². The third-order valence-corrected chi connectivity index (χ3v) is 3.52. The molecular formula is C18H17NO3. The second kappa shape index (κ2) is 6.35. The number of ether oxygens (including phenoxy) is 2. The summed E-state index contributed by atoms with van der Waals surface area (Å²) in [5, 5.41) is 1.04. The molecule has 0 fully saturated rings. The summed E-state index contributed by atoms with van der Waals surface area (Å²) >= 11 is 0. The minimum atomic E-state index is -0.262. The van der Waals surface area contributed by atoms with E-state index in [1.54, 1.807) is 0 Å². The fraction of sp³-hybridized carbons (Fsp3) is 0.167. The largest absolute Gasteiger partial charge is 0.489 e. The summed E-state index contributed by atoms with van der Waals surface area (Å²) in [6.45, 7) is 0.749. The maximum atomic E-state index is 11.4. The Kier molecular flexibility index (Phi) is 4.10. The minimum absolute atomic E-state index is 0.213. The number of rotatable bonds is 5. The predicted molar refractivity (Wildman–Crippen MR) is 84.7 cm³/mol. The van der Waals surface area contributed by atoms with Crippen LogP contribution in [-0.4, -0.2) is 17.6 Å². The number of nitrogens with zero attached hydrogens (tertiary/aromatic N) is 1. The zero-order chi connectivity index (χ0) is 15.4. The first-order chi connectivity index (χ1) is 10.8. The van der Waals surface area contributed by atoms with Gasteiger partial charge in [0.15, 0.2) is 0 Å². The Balaban J connectivity index is 1.75. The molecule has 0 N–H and O–H groups in total. The second-order valence-electron chi connectivity index (χ2n) is 5.01. The summed E-state index contributed by atoms with van der Waals surface area (Å²) in [5.74, 6) is 0.550. The Morgan fingerprint density at radius 3 is 2.68 bits per heavy atom. The number of methoxy groups -OCH3 is 1. The number of carbonyl (C=O) groups excluding carboxylic acids is 1. The molecular weight excluding hydrogens is 278 g/mol. The standard InChI is InChI=1S/C18H17NO3/c1-21-18(20)12-19-10-9-15-11-16(7-8-17(15)19)22-13-14-5-3-2-4-6-14/h2-11H,12-13H2,1H3. The van der Waals surface area contributed by atoms with Crippen molar-refractivity contribution in [1.82, 2.24) is 4.57 Å². The van der Waals surface area contributed by atoms with Gasteiger partial charge in [0, 0.05) is 17.1 Å². The van der Waals surface area contributed by atoms with Gasteiger partial charge in [0.25, 0.3) is 0 Å². The molecule has 0 radical (unpaired) electrons. The van der Waals surface area contributed by atoms with E-state index in [1.807, 2.05) is 65.4 Å². The predicted octanol–water partition coefficient (Wildman–Crippen LogP) is 3.39. The van der Waals surface area contributed by atoms with Crippen molar-refractivity contribution in [3.63, 3.8) is 0 Å². The lowest BCUT2D eigenvalue weighted by Crippen LogP contribution is -2.10. The molecule has 0 aliphatic heterocycles. The van der Waals surface area contributed by atoms with Crippen molar-refractivity contribution in [2.24, 2.45) is 0 Å². The van der Waals surface area contributed by atoms with Gasteiger partial charge >= 0.3 is 5.97 Å². The van der Waals surface area contributed by atoms with Crippen molar-refractivity contribution in [2.45, 2.75) is 13.2 Å². The molecule has 0 aliphatic rings. The highest BCUT2D eigenvalue weighted by Gasteiger charge is 2.07. The maximum Gasteiger partial charge on any atom is 0.325 e. The number of hydrogen-bond donors (Lipinski definition) is 0. The molecule has 0 saturated carbocycles. The van der Waals surface area contributed by atoms with Gasteiger partial charge in [-0.3, -0.25) is 4.79 Å². The van der Waals surface area contributed by atoms with Gasteiger partial charge in [-0.1, -0.05) is 30.3 Å². The van der Waals surface area contributed by atoms with Crippen LogP contribution in [0.15, 0.2) is 60.8 Å². The van der Waals surface area contributed by atoms with Gasteiger partial charge in [0.2, 0.25) is 0 Å². The summed E-state index contributed by atoms with van der Waals surface area (Å²) in [5.41, 5.74) is 2.11. The third kappa shape index (κ3) is 3.11. The average Bonchev–Trinajstić information content (AvgIpc) is 2.96. The summed E-state index contributed by atoms with van der Waals surface area (Å²) < 4.78 is 12.4. The van der Waals surface area contributed by atoms with Gasteiger partial charge in [-0.2, -0.15) is 0 Å². The van der Waals surface area contributed by atoms with Crippen molar-refractivity contribution in [1.29, 1.82) is 0 Å². The van der Waals surface area contributed by atoms with Gasteiger partial charge in [0.1, 0.15) is 18.9 Å². The second-order valence-corrected chi connectivity index (χ2v) is 5.01. The Morgan fingerprint density at radius 2 is 1.91 bits per heavy atom. The van der Waals surface area contributed by atoms with Crippen LogP contribution in [0.4, 0.5) is 0 Å². The summed E-state index contributed by atoms with van der Waals surface area (Å²) in [7, 11) is 1.39. The van der Waals surface area contributed by atoms with E-state index in [1.165, 1.54) is 7.11 Å². The van der Waals surface area contributed by atoms with Crippen LogP contribution in [0.25, 0.3) is 10.9 Å². The molecule has 0 saturated heterocycles. The minimum Gasteiger partial charge on any atom is -0.489 e. The molecule has 112 valence electrons. The Morgan fingerprint density at radius 1 is 1.09 bits per heavy atom. The van der Waals surface area contributed by atoms with Crippen LogP contribution in [-0.2, 0) is 22.7 Å². The first-order valence-electron chi connectivity index (χ1n) is 7.09. The fourth-order valence-corrected chi connectivity index (χ4v) is 2.35. The van der Waals surface area contributed by atoms with E-state index in [2.05, 4.69) is 0 Å². The Labute approximate surface area is 128 Å². The highest BCUT2D eigenvalue weighted by Crippen LogP contribution is 2.23. The van der Waals surface area contributed by atoms with E-state index in [4.69, 9.17) is 9.47 Å². The van der Waals surface area contributed by atoms with E-state index < -0.39 is 0 Å². The van der Waals surface area contributed by atoms with Crippen LogP contribution in [0.3, 0.4) is 0 Å². The van der Waals surface area contributed by atoms with Crippen LogP contribution >= 0.6 is 0 Å². The average molecular weight is 295 g/mol. The lowest BCUT2D eigenvalue weighted by Gasteiger charge is -2.07. The van der Waals surface area contributed by atoms with Gasteiger partial charge in [-0.05, 0) is 29.8 Å². The third-order valence-electron chi connectivity index (χ3n) is 3.52. The summed E-state index contributed by atoms with van der Waals surface area (Å²) in [4.78, 5) is 11.4. The number of carbonyl (C=O) groups is 1. The monoisotopic (exact) mass is 295 g/mol. The molecule has 3 aromatic rings.